The molecular weight excluding hydrogens is 399 g/mol. The van der Waals surface area contributed by atoms with Gasteiger partial charge in [0.25, 0.3) is 5.91 Å². The summed E-state index contributed by atoms with van der Waals surface area (Å²) in [7, 11) is 1.55. The molecule has 2 aliphatic rings. The van der Waals surface area contributed by atoms with Gasteiger partial charge in [0, 0.05) is 0 Å². The zero-order valence-electron chi connectivity index (χ0n) is 16.6. The molecule has 0 saturated carbocycles. The van der Waals surface area contributed by atoms with Gasteiger partial charge in [-0.15, -0.1) is 0 Å². The number of nitrogens with zero attached hydrogens (tertiary/aromatic N) is 2. The molecule has 2 fully saturated rings. The van der Waals surface area contributed by atoms with Gasteiger partial charge in [0.15, 0.2) is 6.10 Å². The molecule has 0 aromatic heterocycles. The van der Waals surface area contributed by atoms with Crippen molar-refractivity contribution in [1.29, 1.82) is 0 Å². The molecule has 2 heterocycles. The van der Waals surface area contributed by atoms with E-state index in [1.54, 1.807) is 48.6 Å². The first-order valence-corrected chi connectivity index (χ1v) is 9.87. The van der Waals surface area contributed by atoms with Crippen LogP contribution in [0.4, 0.5) is 15.8 Å². The molecule has 0 radical (unpaired) electrons. The Morgan fingerprint density at radius 2 is 1.52 bits per heavy atom. The Labute approximate surface area is 178 Å². The number of benzene rings is 3. The van der Waals surface area contributed by atoms with Crippen molar-refractivity contribution in [3.8, 4) is 5.75 Å². The van der Waals surface area contributed by atoms with Crippen LogP contribution >= 0.6 is 0 Å². The van der Waals surface area contributed by atoms with Crippen LogP contribution in [0.15, 0.2) is 78.9 Å². The van der Waals surface area contributed by atoms with Crippen LogP contribution in [0.1, 0.15) is 11.6 Å². The number of hydroxylamine groups is 1. The highest BCUT2D eigenvalue weighted by Crippen LogP contribution is 2.47. The fourth-order valence-corrected chi connectivity index (χ4v) is 4.20. The van der Waals surface area contributed by atoms with Gasteiger partial charge in [0.05, 0.1) is 24.5 Å². The third-order valence-electron chi connectivity index (χ3n) is 5.67. The molecule has 3 aromatic carbocycles. The van der Waals surface area contributed by atoms with Crippen molar-refractivity contribution in [3.63, 3.8) is 0 Å². The van der Waals surface area contributed by atoms with Gasteiger partial charge in [-0.3, -0.25) is 14.4 Å². The smallest absolute Gasteiger partial charge is 0.266 e. The largest absolute Gasteiger partial charge is 0.497 e. The summed E-state index contributed by atoms with van der Waals surface area (Å²) < 4.78 is 18.7. The molecule has 3 atom stereocenters. The lowest BCUT2D eigenvalue weighted by Gasteiger charge is -2.28. The van der Waals surface area contributed by atoms with Crippen LogP contribution in [0, 0.1) is 11.7 Å². The summed E-state index contributed by atoms with van der Waals surface area (Å²) >= 11 is 0. The van der Waals surface area contributed by atoms with Crippen molar-refractivity contribution in [3.05, 3.63) is 90.2 Å². The van der Waals surface area contributed by atoms with Crippen LogP contribution in [-0.4, -0.2) is 25.0 Å². The van der Waals surface area contributed by atoms with E-state index in [0.29, 0.717) is 22.7 Å². The van der Waals surface area contributed by atoms with Crippen molar-refractivity contribution in [2.45, 2.75) is 12.1 Å². The Balaban J connectivity index is 1.56. The minimum absolute atomic E-state index is 0.354. The summed E-state index contributed by atoms with van der Waals surface area (Å²) in [5.41, 5.74) is 1.86. The molecule has 156 valence electrons. The van der Waals surface area contributed by atoms with Crippen molar-refractivity contribution in [2.75, 3.05) is 17.1 Å². The van der Waals surface area contributed by atoms with E-state index in [-0.39, 0.29) is 11.7 Å². The second-order valence-electron chi connectivity index (χ2n) is 7.42. The molecule has 2 amide bonds. The number of para-hydroxylation sites is 1. The molecule has 5 rings (SSSR count). The van der Waals surface area contributed by atoms with Gasteiger partial charge in [0.2, 0.25) is 5.91 Å². The summed E-state index contributed by atoms with van der Waals surface area (Å²) in [6, 6.07) is 21.3. The first-order chi connectivity index (χ1) is 15.1. The summed E-state index contributed by atoms with van der Waals surface area (Å²) in [6.45, 7) is 0. The Hall–Kier alpha value is -3.71. The van der Waals surface area contributed by atoms with Crippen LogP contribution in [-0.2, 0) is 14.4 Å². The Morgan fingerprint density at radius 3 is 2.16 bits per heavy atom. The summed E-state index contributed by atoms with van der Waals surface area (Å²) in [5, 5.41) is 1.59. The molecule has 0 aliphatic carbocycles. The maximum absolute atomic E-state index is 13.6. The average Bonchev–Trinajstić information content (AvgIpc) is 3.31. The van der Waals surface area contributed by atoms with E-state index >= 15 is 0 Å². The highest BCUT2D eigenvalue weighted by atomic mass is 19.1. The zero-order valence-corrected chi connectivity index (χ0v) is 16.6. The van der Waals surface area contributed by atoms with E-state index < -0.39 is 24.0 Å². The van der Waals surface area contributed by atoms with Crippen LogP contribution < -0.4 is 14.7 Å². The van der Waals surface area contributed by atoms with Crippen LogP contribution in [0.2, 0.25) is 0 Å². The van der Waals surface area contributed by atoms with Gasteiger partial charge in [0.1, 0.15) is 17.5 Å². The maximum atomic E-state index is 13.6. The van der Waals surface area contributed by atoms with Gasteiger partial charge in [-0.1, -0.05) is 30.3 Å². The molecule has 0 unspecified atom stereocenters. The number of halogens is 1. The fraction of sp³-hybridized carbons (Fsp3) is 0.167. The lowest BCUT2D eigenvalue weighted by atomic mass is 9.90. The Bertz CT molecular complexity index is 1120. The number of ether oxygens (including phenoxy) is 1. The highest BCUT2D eigenvalue weighted by Gasteiger charge is 2.60. The number of anilines is 2. The minimum Gasteiger partial charge on any atom is -0.497 e. The van der Waals surface area contributed by atoms with E-state index in [2.05, 4.69) is 0 Å². The molecule has 3 aromatic rings. The molecule has 6 nitrogen and oxygen atoms in total. The zero-order chi connectivity index (χ0) is 21.5. The second-order valence-corrected chi connectivity index (χ2v) is 7.42. The monoisotopic (exact) mass is 418 g/mol. The second kappa shape index (κ2) is 7.52. The Morgan fingerprint density at radius 1 is 0.839 bits per heavy atom. The third kappa shape index (κ3) is 3.14. The van der Waals surface area contributed by atoms with Crippen LogP contribution in [0.25, 0.3) is 0 Å². The summed E-state index contributed by atoms with van der Waals surface area (Å²) in [6.07, 6.45) is -0.968. The molecular formula is C24H19FN2O4. The molecule has 0 N–H and O–H groups in total. The van der Waals surface area contributed by atoms with Gasteiger partial charge in [-0.2, -0.15) is 0 Å². The number of amides is 2. The predicted octanol–water partition coefficient (Wildman–Crippen LogP) is 3.89. The normalized spacial score (nSPS) is 22.7. The van der Waals surface area contributed by atoms with Gasteiger partial charge in [-0.25, -0.2) is 14.4 Å². The number of carbonyl (C=O) groups is 2. The molecule has 0 bridgehead atoms. The number of hydrogen-bond acceptors (Lipinski definition) is 5. The number of methoxy groups -OCH3 is 1. The standard InChI is InChI=1S/C24H19FN2O4/c1-30-19-13-11-17(12-14-19)26-23(28)20-21(15-7-9-16(25)10-8-15)27(31-22(20)24(26)29)18-5-3-2-4-6-18/h2-14,20-22H,1H3/t20-,21-,22+/m0/s1. The van der Waals surface area contributed by atoms with Crippen molar-refractivity contribution >= 4 is 23.2 Å². The predicted molar refractivity (Wildman–Crippen MR) is 112 cm³/mol. The van der Waals surface area contributed by atoms with Gasteiger partial charge in [-0.05, 0) is 54.1 Å². The maximum Gasteiger partial charge on any atom is 0.266 e. The van der Waals surface area contributed by atoms with Crippen molar-refractivity contribution in [1.82, 2.24) is 0 Å². The first-order valence-electron chi connectivity index (χ1n) is 9.87. The summed E-state index contributed by atoms with van der Waals surface area (Å²) in [4.78, 5) is 33.9. The lowest BCUT2D eigenvalue weighted by Crippen LogP contribution is -2.37. The summed E-state index contributed by atoms with van der Waals surface area (Å²) in [5.74, 6) is -1.29. The number of fused-ring (bicyclic) bond motifs is 1. The SMILES string of the molecule is COc1ccc(N2C(=O)[C@@H]3[C@@H](ON(c4ccccc4)[C@H]3c3ccc(F)cc3)C2=O)cc1. The first kappa shape index (κ1) is 19.3. The van der Waals surface area contributed by atoms with Crippen molar-refractivity contribution in [2.24, 2.45) is 5.92 Å². The number of rotatable bonds is 4. The number of hydrogen-bond donors (Lipinski definition) is 0. The van der Waals surface area contributed by atoms with Crippen molar-refractivity contribution < 1.29 is 23.6 Å². The molecule has 7 heteroatoms. The quantitative estimate of drug-likeness (QED) is 0.602. The molecule has 0 spiro atoms. The van der Waals surface area contributed by atoms with E-state index in [4.69, 9.17) is 9.57 Å². The lowest BCUT2D eigenvalue weighted by molar-refractivity contribution is -0.126. The van der Waals surface area contributed by atoms with E-state index in [1.807, 2.05) is 30.3 Å². The van der Waals surface area contributed by atoms with E-state index in [1.165, 1.54) is 12.1 Å². The van der Waals surface area contributed by atoms with Crippen LogP contribution in [0.5, 0.6) is 5.75 Å². The number of carbonyl (C=O) groups excluding carboxylic acids is 2. The van der Waals surface area contributed by atoms with Gasteiger partial charge >= 0.3 is 0 Å². The number of imide groups is 1. The van der Waals surface area contributed by atoms with Crippen LogP contribution in [0.3, 0.4) is 0 Å². The third-order valence-corrected chi connectivity index (χ3v) is 5.67. The molecule has 2 saturated heterocycles. The average molecular weight is 418 g/mol. The topological polar surface area (TPSA) is 59.1 Å². The Kier molecular flexibility index (Phi) is 4.67. The van der Waals surface area contributed by atoms with Gasteiger partial charge < -0.3 is 4.74 Å². The molecule has 2 aliphatic heterocycles. The molecule has 31 heavy (non-hydrogen) atoms. The fourth-order valence-electron chi connectivity index (χ4n) is 4.20. The van der Waals surface area contributed by atoms with E-state index in [9.17, 15) is 14.0 Å². The van der Waals surface area contributed by atoms with E-state index in [0.717, 1.165) is 4.90 Å². The minimum atomic E-state index is -0.968. The highest BCUT2D eigenvalue weighted by molar-refractivity contribution is 6.23.